The lowest BCUT2D eigenvalue weighted by atomic mass is 9.74. The Morgan fingerprint density at radius 1 is 1.27 bits per heavy atom. The van der Waals surface area contributed by atoms with Gasteiger partial charge in [-0.25, -0.2) is 0 Å². The van der Waals surface area contributed by atoms with Crippen LogP contribution >= 0.6 is 11.3 Å². The minimum atomic E-state index is -4.43. The van der Waals surface area contributed by atoms with E-state index in [0.717, 1.165) is 22.5 Å². The average Bonchev–Trinajstić information content (AvgIpc) is 2.99. The van der Waals surface area contributed by atoms with Crippen molar-refractivity contribution in [3.63, 3.8) is 0 Å². The van der Waals surface area contributed by atoms with Gasteiger partial charge in [0.15, 0.2) is 5.96 Å². The molecule has 0 radical (unpaired) electrons. The lowest BCUT2D eigenvalue weighted by Gasteiger charge is -2.45. The Bertz CT molecular complexity index is 865. The third-order valence-electron chi connectivity index (χ3n) is 4.77. The Morgan fingerprint density at radius 3 is 2.38 bits per heavy atom. The summed E-state index contributed by atoms with van der Waals surface area (Å²) in [7, 11) is 3.39. The Kier molecular flexibility index (Phi) is 4.38. The molecule has 1 fully saturated rings. The maximum absolute atomic E-state index is 13.0. The van der Waals surface area contributed by atoms with Crippen LogP contribution in [0.25, 0.3) is 0 Å². The molecule has 1 saturated heterocycles. The standard InChI is InChI=1S/C17H17BF3N3OS/c1-16(13-11(18)7-8-26-13)12(14(25)24(2)15(22)23-16)9-3-5-10(6-4-9)17(19,20)21/h3-8,12H,18H2,1-2H3,(H2,22,23)/t12-,16+/m1/s1. The summed E-state index contributed by atoms with van der Waals surface area (Å²) in [6.45, 7) is 1.81. The van der Waals surface area contributed by atoms with Gasteiger partial charge in [0.2, 0.25) is 5.91 Å². The van der Waals surface area contributed by atoms with E-state index in [2.05, 4.69) is 5.32 Å². The number of thiophene rings is 1. The van der Waals surface area contributed by atoms with E-state index in [1.807, 2.05) is 26.2 Å². The summed E-state index contributed by atoms with van der Waals surface area (Å²) in [5.41, 5.74) is -0.233. The first kappa shape index (κ1) is 18.5. The first-order valence-electron chi connectivity index (χ1n) is 7.91. The summed E-state index contributed by atoms with van der Waals surface area (Å²) in [5.74, 6) is -1.11. The molecule has 0 aliphatic carbocycles. The summed E-state index contributed by atoms with van der Waals surface area (Å²) in [6.07, 6.45) is -4.43. The molecule has 2 N–H and O–H groups in total. The van der Waals surface area contributed by atoms with Crippen LogP contribution in [0.2, 0.25) is 0 Å². The molecular formula is C17H17BF3N3OS. The van der Waals surface area contributed by atoms with E-state index >= 15 is 0 Å². The molecule has 1 aromatic carbocycles. The second kappa shape index (κ2) is 6.16. The fraction of sp³-hybridized carbons (Fsp3) is 0.294. The molecule has 0 saturated carbocycles. The quantitative estimate of drug-likeness (QED) is 0.785. The number of hydrogen-bond donors (Lipinski definition) is 2. The number of likely N-dealkylation sites (N-methyl/N-ethyl adjacent to an activating group) is 1. The van der Waals surface area contributed by atoms with E-state index in [0.29, 0.717) is 5.56 Å². The zero-order chi connectivity index (χ0) is 19.3. The Morgan fingerprint density at radius 2 is 1.88 bits per heavy atom. The van der Waals surface area contributed by atoms with Crippen LogP contribution in [0.15, 0.2) is 35.7 Å². The highest BCUT2D eigenvalue weighted by Crippen LogP contribution is 2.42. The number of carbonyl (C=O) groups excluding carboxylic acids is 1. The van der Waals surface area contributed by atoms with Crippen molar-refractivity contribution in [1.29, 1.82) is 5.41 Å². The van der Waals surface area contributed by atoms with Gasteiger partial charge in [-0.05, 0) is 30.0 Å². The maximum Gasteiger partial charge on any atom is 0.416 e. The first-order chi connectivity index (χ1) is 12.1. The number of carbonyl (C=O) groups is 1. The zero-order valence-corrected chi connectivity index (χ0v) is 15.3. The number of amides is 1. The van der Waals surface area contributed by atoms with Gasteiger partial charge in [0, 0.05) is 11.9 Å². The fourth-order valence-corrected chi connectivity index (χ4v) is 4.46. The van der Waals surface area contributed by atoms with Crippen molar-refractivity contribution in [1.82, 2.24) is 10.2 Å². The van der Waals surface area contributed by atoms with Gasteiger partial charge in [-0.3, -0.25) is 15.1 Å². The SMILES string of the molecule is Bc1ccsc1[C@@]1(C)NC(=N)N(C)C(=O)[C@H]1c1ccc(C(F)(F)F)cc1. The van der Waals surface area contributed by atoms with Gasteiger partial charge in [0.25, 0.3) is 0 Å². The molecule has 4 nitrogen and oxygen atoms in total. The summed E-state index contributed by atoms with van der Waals surface area (Å²) in [4.78, 5) is 15.0. The van der Waals surface area contributed by atoms with Crippen molar-refractivity contribution in [2.45, 2.75) is 24.6 Å². The number of nitrogens with one attached hydrogen (secondary N) is 2. The zero-order valence-electron chi connectivity index (χ0n) is 14.4. The van der Waals surface area contributed by atoms with E-state index < -0.39 is 23.2 Å². The van der Waals surface area contributed by atoms with Gasteiger partial charge in [-0.2, -0.15) is 13.2 Å². The molecule has 136 valence electrons. The van der Waals surface area contributed by atoms with Crippen LogP contribution in [-0.4, -0.2) is 31.7 Å². The van der Waals surface area contributed by atoms with Crippen molar-refractivity contribution < 1.29 is 18.0 Å². The molecule has 1 aliphatic heterocycles. The molecule has 1 aliphatic rings. The maximum atomic E-state index is 13.0. The van der Waals surface area contributed by atoms with Crippen LogP contribution in [0.3, 0.4) is 0 Å². The number of halogens is 3. The number of rotatable bonds is 2. The van der Waals surface area contributed by atoms with Gasteiger partial charge < -0.3 is 5.32 Å². The molecule has 26 heavy (non-hydrogen) atoms. The second-order valence-corrected chi connectivity index (χ2v) is 7.47. The summed E-state index contributed by atoms with van der Waals surface area (Å²) in [6, 6.07) is 6.59. The Balaban J connectivity index is 2.12. The van der Waals surface area contributed by atoms with E-state index in [4.69, 9.17) is 5.41 Å². The lowest BCUT2D eigenvalue weighted by Crippen LogP contribution is -2.63. The number of alkyl halides is 3. The topological polar surface area (TPSA) is 56.2 Å². The van der Waals surface area contributed by atoms with Crippen molar-refractivity contribution in [3.8, 4) is 0 Å². The average molecular weight is 379 g/mol. The van der Waals surface area contributed by atoms with Gasteiger partial charge in [0.1, 0.15) is 7.85 Å². The van der Waals surface area contributed by atoms with Crippen molar-refractivity contribution in [2.24, 2.45) is 0 Å². The van der Waals surface area contributed by atoms with Crippen LogP contribution in [0.4, 0.5) is 13.2 Å². The number of guanidine groups is 1. The largest absolute Gasteiger partial charge is 0.416 e. The molecule has 9 heteroatoms. The molecule has 3 rings (SSSR count). The second-order valence-electron chi connectivity index (χ2n) is 6.56. The molecule has 2 aromatic rings. The van der Waals surface area contributed by atoms with Gasteiger partial charge >= 0.3 is 6.18 Å². The van der Waals surface area contributed by atoms with Crippen LogP contribution < -0.4 is 10.8 Å². The molecule has 0 bridgehead atoms. The molecule has 1 aromatic heterocycles. The molecular weight excluding hydrogens is 362 g/mol. The molecule has 1 amide bonds. The van der Waals surface area contributed by atoms with Crippen LogP contribution in [0.1, 0.15) is 28.8 Å². The number of hydrogen-bond acceptors (Lipinski definition) is 3. The van der Waals surface area contributed by atoms with Crippen LogP contribution in [-0.2, 0) is 16.5 Å². The minimum Gasteiger partial charge on any atom is -0.345 e. The van der Waals surface area contributed by atoms with Gasteiger partial charge in [0.05, 0.1) is 17.0 Å². The summed E-state index contributed by atoms with van der Waals surface area (Å²) >= 11 is 1.46. The molecule has 2 atom stereocenters. The van der Waals surface area contributed by atoms with E-state index in [1.54, 1.807) is 0 Å². The smallest absolute Gasteiger partial charge is 0.345 e. The summed E-state index contributed by atoms with van der Waals surface area (Å²) < 4.78 is 38.6. The number of benzene rings is 1. The van der Waals surface area contributed by atoms with Crippen LogP contribution in [0.5, 0.6) is 0 Å². The highest BCUT2D eigenvalue weighted by molar-refractivity contribution is 7.11. The van der Waals surface area contributed by atoms with E-state index in [9.17, 15) is 18.0 Å². The first-order valence-corrected chi connectivity index (χ1v) is 8.79. The monoisotopic (exact) mass is 379 g/mol. The predicted octanol–water partition coefficient (Wildman–Crippen LogP) is 2.02. The summed E-state index contributed by atoms with van der Waals surface area (Å²) in [5, 5.41) is 13.1. The predicted molar refractivity (Wildman–Crippen MR) is 97.7 cm³/mol. The Labute approximate surface area is 153 Å². The van der Waals surface area contributed by atoms with Gasteiger partial charge in [-0.1, -0.05) is 23.7 Å². The molecule has 2 heterocycles. The van der Waals surface area contributed by atoms with Crippen molar-refractivity contribution in [2.75, 3.05) is 7.05 Å². The third kappa shape index (κ3) is 2.90. The Hall–Kier alpha value is -2.29. The fourth-order valence-electron chi connectivity index (χ4n) is 3.39. The highest BCUT2D eigenvalue weighted by Gasteiger charge is 2.49. The number of nitrogens with zero attached hydrogens (tertiary/aromatic N) is 1. The van der Waals surface area contributed by atoms with Crippen LogP contribution in [0, 0.1) is 5.41 Å². The third-order valence-corrected chi connectivity index (χ3v) is 6.03. The molecule has 0 spiro atoms. The van der Waals surface area contributed by atoms with Crippen molar-refractivity contribution >= 4 is 36.5 Å². The molecule has 0 unspecified atom stereocenters. The van der Waals surface area contributed by atoms with Gasteiger partial charge in [-0.15, -0.1) is 11.3 Å². The normalized spacial score (nSPS) is 23.9. The minimum absolute atomic E-state index is 0.0338. The lowest BCUT2D eigenvalue weighted by molar-refractivity contribution is -0.137. The van der Waals surface area contributed by atoms with E-state index in [1.165, 1.54) is 35.4 Å². The van der Waals surface area contributed by atoms with Crippen molar-refractivity contribution in [3.05, 3.63) is 51.7 Å². The van der Waals surface area contributed by atoms with E-state index in [-0.39, 0.29) is 11.9 Å². The highest BCUT2D eigenvalue weighted by atomic mass is 32.1.